The number of aliphatic hydroxyl groups excluding tert-OH is 1. The van der Waals surface area contributed by atoms with Crippen molar-refractivity contribution >= 4 is 35.0 Å². The van der Waals surface area contributed by atoms with Crippen LogP contribution in [-0.2, 0) is 9.59 Å². The van der Waals surface area contributed by atoms with Crippen LogP contribution in [0.1, 0.15) is 25.7 Å². The normalized spacial score (nSPS) is 33.8. The van der Waals surface area contributed by atoms with Gasteiger partial charge in [0.1, 0.15) is 0 Å². The van der Waals surface area contributed by atoms with Crippen molar-refractivity contribution in [1.82, 2.24) is 15.5 Å². The van der Waals surface area contributed by atoms with Crippen molar-refractivity contribution in [3.63, 3.8) is 0 Å². The maximum absolute atomic E-state index is 12.4. The Labute approximate surface area is 152 Å². The summed E-state index contributed by atoms with van der Waals surface area (Å²) in [6, 6.07) is -0.273. The molecule has 5 atom stereocenters. The SMILES string of the molecule is C=CC(=O)N[C@H]1CCCN(C(=O)CNC2CC(Cl)C(Cl)CC2O)C1. The topological polar surface area (TPSA) is 81.7 Å². The minimum Gasteiger partial charge on any atom is -0.391 e. The Kier molecular flexibility index (Phi) is 7.34. The van der Waals surface area contributed by atoms with Crippen molar-refractivity contribution in [1.29, 1.82) is 0 Å². The summed E-state index contributed by atoms with van der Waals surface area (Å²) >= 11 is 12.2. The minimum absolute atomic E-state index is 0.0427. The molecule has 4 unspecified atom stereocenters. The average Bonchev–Trinajstić information content (AvgIpc) is 2.56. The molecule has 3 N–H and O–H groups in total. The molecule has 6 nitrogen and oxygen atoms in total. The van der Waals surface area contributed by atoms with Gasteiger partial charge in [0.05, 0.1) is 23.4 Å². The number of hydrogen-bond acceptors (Lipinski definition) is 4. The lowest BCUT2D eigenvalue weighted by atomic mass is 9.91. The molecular formula is C16H25Cl2N3O3. The fourth-order valence-electron chi connectivity index (χ4n) is 3.22. The van der Waals surface area contributed by atoms with E-state index < -0.39 is 6.10 Å². The highest BCUT2D eigenvalue weighted by Crippen LogP contribution is 2.28. The van der Waals surface area contributed by atoms with E-state index in [1.807, 2.05) is 0 Å². The highest BCUT2D eigenvalue weighted by Gasteiger charge is 2.34. The van der Waals surface area contributed by atoms with E-state index in [0.717, 1.165) is 12.8 Å². The monoisotopic (exact) mass is 377 g/mol. The second kappa shape index (κ2) is 9.04. The third kappa shape index (κ3) is 5.34. The van der Waals surface area contributed by atoms with Crippen LogP contribution < -0.4 is 10.6 Å². The molecule has 8 heteroatoms. The molecule has 136 valence electrons. The van der Waals surface area contributed by atoms with E-state index in [-0.39, 0.29) is 41.2 Å². The first-order valence-corrected chi connectivity index (χ1v) is 9.18. The number of halogens is 2. The quantitative estimate of drug-likeness (QED) is 0.484. The third-order valence-electron chi connectivity index (χ3n) is 4.62. The van der Waals surface area contributed by atoms with Crippen LogP contribution >= 0.6 is 23.2 Å². The second-order valence-electron chi connectivity index (χ2n) is 6.45. The average molecular weight is 378 g/mol. The lowest BCUT2D eigenvalue weighted by molar-refractivity contribution is -0.132. The van der Waals surface area contributed by atoms with Crippen LogP contribution in [0.15, 0.2) is 12.7 Å². The Morgan fingerprint density at radius 2 is 2.00 bits per heavy atom. The molecule has 0 spiro atoms. The van der Waals surface area contributed by atoms with Gasteiger partial charge in [0, 0.05) is 25.2 Å². The molecule has 0 radical (unpaired) electrons. The van der Waals surface area contributed by atoms with Crippen LogP contribution in [-0.4, -0.2) is 70.4 Å². The number of carbonyl (C=O) groups is 2. The molecule has 2 amide bonds. The van der Waals surface area contributed by atoms with Crippen LogP contribution in [0.5, 0.6) is 0 Å². The van der Waals surface area contributed by atoms with Gasteiger partial charge in [-0.1, -0.05) is 6.58 Å². The largest absolute Gasteiger partial charge is 0.391 e. The Morgan fingerprint density at radius 3 is 2.71 bits per heavy atom. The van der Waals surface area contributed by atoms with Gasteiger partial charge in [-0.05, 0) is 31.8 Å². The maximum atomic E-state index is 12.4. The number of amides is 2. The fraction of sp³-hybridized carbons (Fsp3) is 0.750. The smallest absolute Gasteiger partial charge is 0.243 e. The summed E-state index contributed by atoms with van der Waals surface area (Å²) in [6.07, 6.45) is 3.28. The van der Waals surface area contributed by atoms with E-state index in [1.165, 1.54) is 6.08 Å². The summed E-state index contributed by atoms with van der Waals surface area (Å²) in [5.41, 5.74) is 0. The molecule has 1 aliphatic carbocycles. The molecule has 1 heterocycles. The van der Waals surface area contributed by atoms with Crippen LogP contribution in [0, 0.1) is 0 Å². The molecule has 1 saturated carbocycles. The number of aliphatic hydroxyl groups is 1. The molecule has 24 heavy (non-hydrogen) atoms. The van der Waals surface area contributed by atoms with Crippen molar-refractivity contribution < 1.29 is 14.7 Å². The number of hydrogen-bond donors (Lipinski definition) is 3. The van der Waals surface area contributed by atoms with E-state index in [4.69, 9.17) is 23.2 Å². The van der Waals surface area contributed by atoms with E-state index in [9.17, 15) is 14.7 Å². The molecule has 0 bridgehead atoms. The van der Waals surface area contributed by atoms with Gasteiger partial charge in [0.2, 0.25) is 11.8 Å². The van der Waals surface area contributed by atoms with Gasteiger partial charge >= 0.3 is 0 Å². The molecule has 0 aromatic carbocycles. The van der Waals surface area contributed by atoms with Gasteiger partial charge in [0.25, 0.3) is 0 Å². The minimum atomic E-state index is -0.601. The van der Waals surface area contributed by atoms with Crippen LogP contribution in [0.4, 0.5) is 0 Å². The van der Waals surface area contributed by atoms with Gasteiger partial charge in [-0.15, -0.1) is 23.2 Å². The van der Waals surface area contributed by atoms with Crippen LogP contribution in [0.25, 0.3) is 0 Å². The van der Waals surface area contributed by atoms with Crippen LogP contribution in [0.3, 0.4) is 0 Å². The van der Waals surface area contributed by atoms with Gasteiger partial charge < -0.3 is 20.6 Å². The number of nitrogens with zero attached hydrogens (tertiary/aromatic N) is 1. The van der Waals surface area contributed by atoms with E-state index in [1.54, 1.807) is 4.90 Å². The molecule has 2 aliphatic rings. The second-order valence-corrected chi connectivity index (χ2v) is 7.57. The summed E-state index contributed by atoms with van der Waals surface area (Å²) in [4.78, 5) is 25.5. The molecular weight excluding hydrogens is 353 g/mol. The highest BCUT2D eigenvalue weighted by molar-refractivity contribution is 6.30. The molecule has 0 aromatic heterocycles. The summed E-state index contributed by atoms with van der Waals surface area (Å²) in [7, 11) is 0. The number of likely N-dealkylation sites (tertiary alicyclic amines) is 1. The summed E-state index contributed by atoms with van der Waals surface area (Å²) < 4.78 is 0. The van der Waals surface area contributed by atoms with Crippen LogP contribution in [0.2, 0.25) is 0 Å². The van der Waals surface area contributed by atoms with Crippen molar-refractivity contribution in [2.75, 3.05) is 19.6 Å². The number of carbonyl (C=O) groups excluding carboxylic acids is 2. The summed E-state index contributed by atoms with van der Waals surface area (Å²) in [6.45, 7) is 4.74. The molecule has 2 rings (SSSR count). The predicted octanol–water partition coefficient (Wildman–Crippen LogP) is 0.607. The molecule has 1 saturated heterocycles. The predicted molar refractivity (Wildman–Crippen MR) is 94.3 cm³/mol. The fourth-order valence-corrected chi connectivity index (χ4v) is 3.80. The Bertz CT molecular complexity index is 477. The van der Waals surface area contributed by atoms with Gasteiger partial charge in [-0.25, -0.2) is 0 Å². The zero-order valence-electron chi connectivity index (χ0n) is 13.6. The number of alkyl halides is 2. The summed E-state index contributed by atoms with van der Waals surface area (Å²) in [5, 5.41) is 15.5. The van der Waals surface area contributed by atoms with Gasteiger partial charge in [-0.2, -0.15) is 0 Å². The van der Waals surface area contributed by atoms with Crippen molar-refractivity contribution in [2.24, 2.45) is 0 Å². The lowest BCUT2D eigenvalue weighted by Gasteiger charge is -2.36. The van der Waals surface area contributed by atoms with E-state index >= 15 is 0 Å². The van der Waals surface area contributed by atoms with E-state index in [0.29, 0.717) is 25.9 Å². The first-order chi connectivity index (χ1) is 11.4. The Morgan fingerprint density at radius 1 is 1.29 bits per heavy atom. The number of rotatable bonds is 5. The number of nitrogens with one attached hydrogen (secondary N) is 2. The van der Waals surface area contributed by atoms with Gasteiger partial charge in [-0.3, -0.25) is 9.59 Å². The third-order valence-corrected chi connectivity index (χ3v) is 5.72. The number of piperidine rings is 1. The van der Waals surface area contributed by atoms with Crippen molar-refractivity contribution in [2.45, 2.75) is 54.6 Å². The van der Waals surface area contributed by atoms with E-state index in [2.05, 4.69) is 17.2 Å². The zero-order chi connectivity index (χ0) is 17.7. The first-order valence-electron chi connectivity index (χ1n) is 8.31. The van der Waals surface area contributed by atoms with Gasteiger partial charge in [0.15, 0.2) is 0 Å². The lowest BCUT2D eigenvalue weighted by Crippen LogP contribution is -2.54. The van der Waals surface area contributed by atoms with Crippen molar-refractivity contribution in [3.05, 3.63) is 12.7 Å². The Balaban J connectivity index is 1.79. The standard InChI is InChI=1S/C16H25Cl2N3O3/c1-2-15(23)20-10-4-3-5-21(9-10)16(24)8-19-13-6-11(17)12(18)7-14(13)22/h2,10-14,19,22H,1,3-9H2,(H,20,23)/t10-,11?,12?,13?,14?/m0/s1. The first kappa shape index (κ1) is 19.5. The zero-order valence-corrected chi connectivity index (χ0v) is 15.1. The Hall–Kier alpha value is -0.820. The highest BCUT2D eigenvalue weighted by atomic mass is 35.5. The molecule has 1 aliphatic heterocycles. The molecule has 0 aromatic rings. The van der Waals surface area contributed by atoms with Crippen molar-refractivity contribution in [3.8, 4) is 0 Å². The maximum Gasteiger partial charge on any atom is 0.243 e. The summed E-state index contributed by atoms with van der Waals surface area (Å²) in [5.74, 6) is -0.264. The molecule has 2 fully saturated rings.